The van der Waals surface area contributed by atoms with Gasteiger partial charge in [0, 0.05) is 6.04 Å². The molecule has 1 aliphatic rings. The van der Waals surface area contributed by atoms with E-state index in [0.717, 1.165) is 25.7 Å². The second kappa shape index (κ2) is 4.42. The molecule has 2 N–H and O–H groups in total. The van der Waals surface area contributed by atoms with Crippen molar-refractivity contribution in [3.05, 3.63) is 12.3 Å². The summed E-state index contributed by atoms with van der Waals surface area (Å²) in [6, 6.07) is 1.50. The Morgan fingerprint density at radius 3 is 2.88 bits per heavy atom. The highest BCUT2D eigenvalue weighted by molar-refractivity contribution is 7.89. The second-order valence-corrected chi connectivity index (χ2v) is 7.18. The smallest absolute Gasteiger partial charge is 0.257 e. The van der Waals surface area contributed by atoms with Gasteiger partial charge >= 0.3 is 0 Å². The van der Waals surface area contributed by atoms with Crippen LogP contribution in [0.25, 0.3) is 0 Å². The Bertz CT molecular complexity index is 465. The minimum absolute atomic E-state index is 0.0343. The summed E-state index contributed by atoms with van der Waals surface area (Å²) in [5, 5.41) is 6.29. The summed E-state index contributed by atoms with van der Waals surface area (Å²) >= 11 is 0. The van der Waals surface area contributed by atoms with Gasteiger partial charge in [0.2, 0.25) is 0 Å². The molecule has 1 atom stereocenters. The SMILES string of the molecule is CC1(C)CCCC(NS(=O)(=O)c2ccn[nH]2)C1. The zero-order valence-electron chi connectivity index (χ0n) is 10.2. The van der Waals surface area contributed by atoms with Crippen molar-refractivity contribution in [3.8, 4) is 0 Å². The van der Waals surface area contributed by atoms with Crippen LogP contribution in [0.1, 0.15) is 39.5 Å². The second-order valence-electron chi connectivity index (χ2n) is 5.50. The van der Waals surface area contributed by atoms with Crippen molar-refractivity contribution in [3.63, 3.8) is 0 Å². The predicted molar refractivity (Wildman–Crippen MR) is 64.9 cm³/mol. The number of sulfonamides is 1. The minimum Gasteiger partial charge on any atom is -0.266 e. The van der Waals surface area contributed by atoms with Crippen LogP contribution in [0.2, 0.25) is 0 Å². The number of aromatic nitrogens is 2. The molecule has 1 aromatic rings. The Morgan fingerprint density at radius 2 is 2.29 bits per heavy atom. The number of hydrogen-bond acceptors (Lipinski definition) is 3. The number of nitrogens with one attached hydrogen (secondary N) is 2. The highest BCUT2D eigenvalue weighted by atomic mass is 32.2. The Morgan fingerprint density at radius 1 is 1.53 bits per heavy atom. The van der Waals surface area contributed by atoms with E-state index in [1.807, 2.05) is 0 Å². The van der Waals surface area contributed by atoms with E-state index in [2.05, 4.69) is 28.8 Å². The van der Waals surface area contributed by atoms with E-state index >= 15 is 0 Å². The van der Waals surface area contributed by atoms with Gasteiger partial charge in [0.1, 0.15) is 0 Å². The average molecular weight is 257 g/mol. The fourth-order valence-electron chi connectivity index (χ4n) is 2.47. The van der Waals surface area contributed by atoms with E-state index in [-0.39, 0.29) is 16.5 Å². The zero-order valence-corrected chi connectivity index (χ0v) is 11.0. The fraction of sp³-hybridized carbons (Fsp3) is 0.727. The van der Waals surface area contributed by atoms with Crippen molar-refractivity contribution < 1.29 is 8.42 Å². The van der Waals surface area contributed by atoms with Crippen LogP contribution in [0.3, 0.4) is 0 Å². The molecular formula is C11H19N3O2S. The van der Waals surface area contributed by atoms with Gasteiger partial charge in [-0.15, -0.1) is 0 Å². The zero-order chi connectivity index (χ0) is 12.5. The molecule has 1 aromatic heterocycles. The Balaban J connectivity index is 2.06. The van der Waals surface area contributed by atoms with Gasteiger partial charge in [-0.2, -0.15) is 5.10 Å². The summed E-state index contributed by atoms with van der Waals surface area (Å²) in [6.45, 7) is 4.37. The van der Waals surface area contributed by atoms with Crippen LogP contribution in [-0.4, -0.2) is 24.7 Å². The fourth-order valence-corrected chi connectivity index (χ4v) is 3.65. The standard InChI is InChI=1S/C11H19N3O2S/c1-11(2)6-3-4-9(8-11)14-17(15,16)10-5-7-12-13-10/h5,7,9,14H,3-4,6,8H2,1-2H3,(H,12,13). The molecular weight excluding hydrogens is 238 g/mol. The lowest BCUT2D eigenvalue weighted by Crippen LogP contribution is -2.40. The molecule has 1 fully saturated rings. The van der Waals surface area contributed by atoms with Gasteiger partial charge in [-0.1, -0.05) is 20.3 Å². The summed E-state index contributed by atoms with van der Waals surface area (Å²) < 4.78 is 26.7. The first kappa shape index (κ1) is 12.6. The number of hydrogen-bond donors (Lipinski definition) is 2. The van der Waals surface area contributed by atoms with E-state index in [4.69, 9.17) is 0 Å². The predicted octanol–water partition coefficient (Wildman–Crippen LogP) is 1.66. The molecule has 0 aliphatic heterocycles. The lowest BCUT2D eigenvalue weighted by molar-refractivity contribution is 0.212. The summed E-state index contributed by atoms with van der Waals surface area (Å²) in [6.07, 6.45) is 5.48. The first-order valence-corrected chi connectivity index (χ1v) is 7.39. The Kier molecular flexibility index (Phi) is 3.27. The van der Waals surface area contributed by atoms with Crippen LogP contribution in [0, 0.1) is 5.41 Å². The van der Waals surface area contributed by atoms with Gasteiger partial charge in [-0.3, -0.25) is 5.10 Å². The first-order valence-electron chi connectivity index (χ1n) is 5.91. The molecule has 0 spiro atoms. The van der Waals surface area contributed by atoms with Crippen LogP contribution in [0.4, 0.5) is 0 Å². The maximum atomic E-state index is 12.0. The Labute approximate surface area is 102 Å². The van der Waals surface area contributed by atoms with Crippen LogP contribution in [0.5, 0.6) is 0 Å². The van der Waals surface area contributed by atoms with Crippen molar-refractivity contribution in [1.29, 1.82) is 0 Å². The van der Waals surface area contributed by atoms with Gasteiger partial charge in [-0.25, -0.2) is 13.1 Å². The molecule has 2 rings (SSSR count). The third-order valence-corrected chi connectivity index (χ3v) is 4.74. The maximum Gasteiger partial charge on any atom is 0.257 e. The van der Waals surface area contributed by atoms with E-state index in [0.29, 0.717) is 0 Å². The van der Waals surface area contributed by atoms with E-state index in [1.165, 1.54) is 12.3 Å². The number of aromatic amines is 1. The van der Waals surface area contributed by atoms with Crippen LogP contribution < -0.4 is 4.72 Å². The van der Waals surface area contributed by atoms with Crippen molar-refractivity contribution in [1.82, 2.24) is 14.9 Å². The molecule has 1 saturated carbocycles. The quantitative estimate of drug-likeness (QED) is 0.864. The number of rotatable bonds is 3. The van der Waals surface area contributed by atoms with Crippen molar-refractivity contribution in [2.24, 2.45) is 5.41 Å². The maximum absolute atomic E-state index is 12.0. The molecule has 17 heavy (non-hydrogen) atoms. The highest BCUT2D eigenvalue weighted by Crippen LogP contribution is 2.35. The minimum atomic E-state index is -3.43. The molecule has 0 bridgehead atoms. The van der Waals surface area contributed by atoms with Gasteiger partial charge in [0.15, 0.2) is 5.03 Å². The molecule has 0 amide bonds. The largest absolute Gasteiger partial charge is 0.266 e. The van der Waals surface area contributed by atoms with Gasteiger partial charge in [-0.05, 0) is 30.7 Å². The van der Waals surface area contributed by atoms with Gasteiger partial charge in [0.05, 0.1) is 6.20 Å². The Hall–Kier alpha value is -0.880. The highest BCUT2D eigenvalue weighted by Gasteiger charge is 2.31. The molecule has 96 valence electrons. The topological polar surface area (TPSA) is 74.8 Å². The monoisotopic (exact) mass is 257 g/mol. The normalized spacial score (nSPS) is 24.7. The third kappa shape index (κ3) is 3.07. The van der Waals surface area contributed by atoms with E-state index in [1.54, 1.807) is 0 Å². The number of H-pyrrole nitrogens is 1. The first-order chi connectivity index (χ1) is 7.89. The average Bonchev–Trinajstić information content (AvgIpc) is 2.67. The number of nitrogens with zero attached hydrogens (tertiary/aromatic N) is 1. The lowest BCUT2D eigenvalue weighted by Gasteiger charge is -2.35. The molecule has 1 aliphatic carbocycles. The summed E-state index contributed by atoms with van der Waals surface area (Å²) in [5.74, 6) is 0. The molecule has 0 saturated heterocycles. The summed E-state index contributed by atoms with van der Waals surface area (Å²) in [4.78, 5) is 0. The molecule has 0 aromatic carbocycles. The van der Waals surface area contributed by atoms with Crippen LogP contribution in [-0.2, 0) is 10.0 Å². The van der Waals surface area contributed by atoms with E-state index in [9.17, 15) is 8.42 Å². The molecule has 1 unspecified atom stereocenters. The van der Waals surface area contributed by atoms with Crippen LogP contribution >= 0.6 is 0 Å². The van der Waals surface area contributed by atoms with Gasteiger partial charge in [0.25, 0.3) is 10.0 Å². The lowest BCUT2D eigenvalue weighted by atomic mass is 9.75. The van der Waals surface area contributed by atoms with Gasteiger partial charge < -0.3 is 0 Å². The molecule has 0 radical (unpaired) electrons. The summed E-state index contributed by atoms with van der Waals surface area (Å²) in [7, 11) is -3.43. The van der Waals surface area contributed by atoms with E-state index < -0.39 is 10.0 Å². The molecule has 6 heteroatoms. The molecule has 1 heterocycles. The summed E-state index contributed by atoms with van der Waals surface area (Å²) in [5.41, 5.74) is 0.222. The van der Waals surface area contributed by atoms with Crippen molar-refractivity contribution in [2.75, 3.05) is 0 Å². The molecule has 5 nitrogen and oxygen atoms in total. The third-order valence-electron chi connectivity index (χ3n) is 3.29. The van der Waals surface area contributed by atoms with Crippen molar-refractivity contribution in [2.45, 2.75) is 50.6 Å². The van der Waals surface area contributed by atoms with Crippen molar-refractivity contribution >= 4 is 10.0 Å². The van der Waals surface area contributed by atoms with Crippen LogP contribution in [0.15, 0.2) is 17.3 Å².